The van der Waals surface area contributed by atoms with E-state index in [2.05, 4.69) is 35.3 Å². The van der Waals surface area contributed by atoms with Crippen LogP contribution in [0.2, 0.25) is 0 Å². The minimum absolute atomic E-state index is 0.915. The number of aromatic amines is 1. The van der Waals surface area contributed by atoms with Crippen molar-refractivity contribution in [3.63, 3.8) is 0 Å². The Hall–Kier alpha value is -1.96. The minimum atomic E-state index is 0.915. The molecule has 4 rings (SSSR count). The zero-order valence-corrected chi connectivity index (χ0v) is 8.79. The molecular weight excluding hydrogens is 198 g/mol. The summed E-state index contributed by atoms with van der Waals surface area (Å²) in [5.41, 5.74) is 3.43. The van der Waals surface area contributed by atoms with Crippen LogP contribution in [0, 0.1) is 0 Å². The second-order valence-electron chi connectivity index (χ2n) is 4.26. The number of H-pyrrole nitrogens is 1. The highest BCUT2D eigenvalue weighted by Gasteiger charge is 2.18. The van der Waals surface area contributed by atoms with Crippen molar-refractivity contribution in [1.82, 2.24) is 4.98 Å². The van der Waals surface area contributed by atoms with E-state index in [0.29, 0.717) is 0 Å². The monoisotopic (exact) mass is 209 g/mol. The van der Waals surface area contributed by atoms with Crippen molar-refractivity contribution in [3.8, 4) is 0 Å². The van der Waals surface area contributed by atoms with Crippen molar-refractivity contribution >= 4 is 28.1 Å². The predicted octanol–water partition coefficient (Wildman–Crippen LogP) is 3.87. The van der Waals surface area contributed by atoms with Crippen LogP contribution in [0.15, 0.2) is 34.8 Å². The smallest absolute Gasteiger partial charge is 0.206 e. The number of hydrogen-bond acceptors (Lipinski definition) is 1. The van der Waals surface area contributed by atoms with Gasteiger partial charge in [-0.2, -0.15) is 0 Å². The molecule has 0 saturated heterocycles. The number of allylic oxidation sites excluding steroid dienone is 1. The zero-order valence-electron chi connectivity index (χ0n) is 8.79. The van der Waals surface area contributed by atoms with E-state index in [1.807, 2.05) is 6.07 Å². The van der Waals surface area contributed by atoms with E-state index in [1.54, 1.807) is 0 Å². The van der Waals surface area contributed by atoms with Gasteiger partial charge in [0, 0.05) is 16.5 Å². The number of fused-ring (bicyclic) bond motifs is 5. The Kier molecular flexibility index (Phi) is 1.43. The van der Waals surface area contributed by atoms with Gasteiger partial charge in [0.1, 0.15) is 5.76 Å². The molecule has 1 aromatic carbocycles. The first-order chi connectivity index (χ1) is 7.93. The third-order valence-electron chi connectivity index (χ3n) is 3.31. The molecule has 2 heteroatoms. The summed E-state index contributed by atoms with van der Waals surface area (Å²) in [4.78, 5) is 3.33. The van der Waals surface area contributed by atoms with Gasteiger partial charge in [0.05, 0.1) is 5.39 Å². The van der Waals surface area contributed by atoms with Gasteiger partial charge in [-0.3, -0.25) is 0 Å². The second-order valence-corrected chi connectivity index (χ2v) is 4.26. The van der Waals surface area contributed by atoms with Crippen LogP contribution in [-0.4, -0.2) is 4.98 Å². The van der Waals surface area contributed by atoms with Crippen LogP contribution in [0.25, 0.3) is 28.1 Å². The zero-order chi connectivity index (χ0) is 10.5. The Morgan fingerprint density at radius 1 is 1.19 bits per heavy atom. The maximum absolute atomic E-state index is 5.83. The standard InChI is InChI=1S/C14H11NO/c1-3-7-11-9(5-1)13-10-6-2-4-8-12(10)16-14(13)15-11/h1,3-5,7-8,15H,2,6H2. The summed E-state index contributed by atoms with van der Waals surface area (Å²) in [5, 5.41) is 2.55. The molecule has 0 unspecified atom stereocenters. The van der Waals surface area contributed by atoms with Crippen LogP contribution in [0.1, 0.15) is 17.7 Å². The first-order valence-corrected chi connectivity index (χ1v) is 5.62. The highest BCUT2D eigenvalue weighted by Crippen LogP contribution is 2.35. The lowest BCUT2D eigenvalue weighted by Crippen LogP contribution is -1.89. The van der Waals surface area contributed by atoms with Crippen molar-refractivity contribution in [3.05, 3.63) is 41.7 Å². The summed E-state index contributed by atoms with van der Waals surface area (Å²) >= 11 is 0. The van der Waals surface area contributed by atoms with Gasteiger partial charge in [0.15, 0.2) is 0 Å². The Labute approximate surface area is 92.6 Å². The molecule has 0 bridgehead atoms. The van der Waals surface area contributed by atoms with Gasteiger partial charge in [-0.15, -0.1) is 0 Å². The number of aryl methyl sites for hydroxylation is 1. The molecule has 2 aromatic heterocycles. The fourth-order valence-electron chi connectivity index (χ4n) is 2.59. The van der Waals surface area contributed by atoms with Crippen molar-refractivity contribution in [2.24, 2.45) is 0 Å². The molecule has 1 aliphatic carbocycles. The summed E-state index contributed by atoms with van der Waals surface area (Å²) in [6, 6.07) is 8.37. The quantitative estimate of drug-likeness (QED) is 0.598. The Morgan fingerprint density at radius 3 is 3.12 bits per heavy atom. The van der Waals surface area contributed by atoms with Crippen molar-refractivity contribution < 1.29 is 4.42 Å². The SMILES string of the molecule is C1=Cc2oc3[nH]c4ccccc4c3c2CC1. The summed E-state index contributed by atoms with van der Waals surface area (Å²) in [7, 11) is 0. The van der Waals surface area contributed by atoms with E-state index in [-0.39, 0.29) is 0 Å². The molecule has 0 atom stereocenters. The molecule has 1 aliphatic rings. The molecule has 0 radical (unpaired) electrons. The molecule has 2 heterocycles. The van der Waals surface area contributed by atoms with Crippen LogP contribution in [0.4, 0.5) is 0 Å². The van der Waals surface area contributed by atoms with E-state index >= 15 is 0 Å². The van der Waals surface area contributed by atoms with Gasteiger partial charge in [-0.1, -0.05) is 24.3 Å². The number of rotatable bonds is 0. The number of hydrogen-bond donors (Lipinski definition) is 1. The van der Waals surface area contributed by atoms with Crippen LogP contribution >= 0.6 is 0 Å². The first kappa shape index (κ1) is 8.22. The lowest BCUT2D eigenvalue weighted by molar-refractivity contribution is 0.586. The second kappa shape index (κ2) is 2.79. The van der Waals surface area contributed by atoms with Gasteiger partial charge in [-0.05, 0) is 25.0 Å². The van der Waals surface area contributed by atoms with Crippen molar-refractivity contribution in [2.45, 2.75) is 12.8 Å². The molecule has 1 N–H and O–H groups in total. The molecule has 0 fully saturated rings. The molecule has 0 saturated carbocycles. The number of nitrogens with one attached hydrogen (secondary N) is 1. The van der Waals surface area contributed by atoms with E-state index < -0.39 is 0 Å². The Bertz CT molecular complexity index is 715. The number of benzene rings is 1. The summed E-state index contributed by atoms with van der Waals surface area (Å²) < 4.78 is 5.83. The van der Waals surface area contributed by atoms with Crippen molar-refractivity contribution in [2.75, 3.05) is 0 Å². The fraction of sp³-hybridized carbons (Fsp3) is 0.143. The molecule has 0 spiro atoms. The highest BCUT2D eigenvalue weighted by atomic mass is 16.3. The first-order valence-electron chi connectivity index (χ1n) is 5.62. The number of para-hydroxylation sites is 1. The summed E-state index contributed by atoms with van der Waals surface area (Å²) in [6.45, 7) is 0. The predicted molar refractivity (Wildman–Crippen MR) is 65.4 cm³/mol. The van der Waals surface area contributed by atoms with Crippen LogP contribution in [0.5, 0.6) is 0 Å². The maximum atomic E-state index is 5.83. The van der Waals surface area contributed by atoms with E-state index in [0.717, 1.165) is 29.8 Å². The van der Waals surface area contributed by atoms with E-state index in [9.17, 15) is 0 Å². The largest absolute Gasteiger partial charge is 0.440 e. The topological polar surface area (TPSA) is 28.9 Å². The fourth-order valence-corrected chi connectivity index (χ4v) is 2.59. The van der Waals surface area contributed by atoms with Crippen LogP contribution in [-0.2, 0) is 6.42 Å². The number of aromatic nitrogens is 1. The van der Waals surface area contributed by atoms with Gasteiger partial charge in [0.2, 0.25) is 5.71 Å². The molecule has 16 heavy (non-hydrogen) atoms. The van der Waals surface area contributed by atoms with Crippen molar-refractivity contribution in [1.29, 1.82) is 0 Å². The average molecular weight is 209 g/mol. The molecule has 3 aromatic rings. The van der Waals surface area contributed by atoms with E-state index in [4.69, 9.17) is 4.42 Å². The molecule has 78 valence electrons. The third kappa shape index (κ3) is 0.915. The van der Waals surface area contributed by atoms with Gasteiger partial charge >= 0.3 is 0 Å². The molecular formula is C14H11NO. The molecule has 0 amide bonds. The summed E-state index contributed by atoms with van der Waals surface area (Å²) in [6.07, 6.45) is 6.45. The van der Waals surface area contributed by atoms with Gasteiger partial charge < -0.3 is 9.40 Å². The Balaban J connectivity index is 2.23. The molecule has 2 nitrogen and oxygen atoms in total. The number of furan rings is 1. The van der Waals surface area contributed by atoms with Crippen LogP contribution in [0.3, 0.4) is 0 Å². The third-order valence-corrected chi connectivity index (χ3v) is 3.31. The minimum Gasteiger partial charge on any atom is -0.440 e. The van der Waals surface area contributed by atoms with Gasteiger partial charge in [0.25, 0.3) is 0 Å². The van der Waals surface area contributed by atoms with Crippen LogP contribution < -0.4 is 0 Å². The summed E-state index contributed by atoms with van der Waals surface area (Å²) in [5.74, 6) is 1.03. The van der Waals surface area contributed by atoms with Gasteiger partial charge in [-0.25, -0.2) is 0 Å². The Morgan fingerprint density at radius 2 is 2.12 bits per heavy atom. The lowest BCUT2D eigenvalue weighted by atomic mass is 10.0. The maximum Gasteiger partial charge on any atom is 0.206 e. The van der Waals surface area contributed by atoms with E-state index in [1.165, 1.54) is 16.3 Å². The average Bonchev–Trinajstić information content (AvgIpc) is 2.83. The highest BCUT2D eigenvalue weighted by molar-refractivity contribution is 6.08. The normalized spacial score (nSPS) is 14.8. The molecule has 0 aliphatic heterocycles. The lowest BCUT2D eigenvalue weighted by Gasteiger charge is -2.02.